The van der Waals surface area contributed by atoms with E-state index < -0.39 is 41.1 Å². The average Bonchev–Trinajstić information content (AvgIpc) is 3.20. The van der Waals surface area contributed by atoms with Crippen LogP contribution in [0.15, 0.2) is 54.6 Å². The van der Waals surface area contributed by atoms with Gasteiger partial charge in [-0.05, 0) is 30.9 Å². The van der Waals surface area contributed by atoms with Crippen LogP contribution in [0.1, 0.15) is 38.7 Å². The second kappa shape index (κ2) is 10.1. The molecular formula is C29H36N2O6. The highest BCUT2D eigenvalue weighted by atomic mass is 16.6. The summed E-state index contributed by atoms with van der Waals surface area (Å²) in [5.41, 5.74) is -1.43. The lowest BCUT2D eigenvalue weighted by atomic mass is 9.73. The van der Waals surface area contributed by atoms with Crippen molar-refractivity contribution in [1.29, 1.82) is 0 Å². The third-order valence-electron chi connectivity index (χ3n) is 8.42. The molecule has 1 spiro atoms. The Morgan fingerprint density at radius 1 is 1.05 bits per heavy atom. The molecule has 8 heteroatoms. The molecule has 0 aromatic heterocycles. The van der Waals surface area contributed by atoms with Gasteiger partial charge in [0.15, 0.2) is 0 Å². The van der Waals surface area contributed by atoms with E-state index in [0.29, 0.717) is 25.9 Å². The summed E-state index contributed by atoms with van der Waals surface area (Å²) in [6, 6.07) is 7.96. The monoisotopic (exact) mass is 508 g/mol. The minimum atomic E-state index is -1.33. The van der Waals surface area contributed by atoms with Crippen LogP contribution in [-0.2, 0) is 30.3 Å². The second-order valence-electron chi connectivity index (χ2n) is 10.5. The molecule has 1 unspecified atom stereocenters. The lowest BCUT2D eigenvalue weighted by Crippen LogP contribution is -2.59. The zero-order valence-electron chi connectivity index (χ0n) is 21.5. The third-order valence-corrected chi connectivity index (χ3v) is 8.42. The first kappa shape index (κ1) is 25.7. The van der Waals surface area contributed by atoms with Crippen molar-refractivity contribution in [2.75, 3.05) is 26.3 Å². The van der Waals surface area contributed by atoms with Gasteiger partial charge in [-0.1, -0.05) is 68.8 Å². The fourth-order valence-corrected chi connectivity index (χ4v) is 6.66. The van der Waals surface area contributed by atoms with Gasteiger partial charge in [-0.3, -0.25) is 14.4 Å². The van der Waals surface area contributed by atoms with Crippen LogP contribution in [0.5, 0.6) is 0 Å². The zero-order chi connectivity index (χ0) is 26.2. The summed E-state index contributed by atoms with van der Waals surface area (Å²) in [5.74, 6) is -2.85. The number of cyclic esters (lactones) is 1. The Morgan fingerprint density at radius 2 is 1.84 bits per heavy atom. The van der Waals surface area contributed by atoms with Gasteiger partial charge >= 0.3 is 5.97 Å². The number of rotatable bonds is 8. The molecule has 8 nitrogen and oxygen atoms in total. The van der Waals surface area contributed by atoms with Crippen LogP contribution < -0.4 is 0 Å². The lowest BCUT2D eigenvalue weighted by molar-refractivity contribution is -0.161. The highest BCUT2D eigenvalue weighted by Gasteiger charge is 2.76. The number of carbonyl (C=O) groups is 3. The van der Waals surface area contributed by atoms with E-state index in [9.17, 15) is 19.5 Å². The fraction of sp³-hybridized carbons (Fsp3) is 0.552. The Balaban J connectivity index is 1.64. The maximum atomic E-state index is 14.4. The summed E-state index contributed by atoms with van der Waals surface area (Å²) < 4.78 is 12.3. The first-order valence-electron chi connectivity index (χ1n) is 13.4. The van der Waals surface area contributed by atoms with Crippen molar-refractivity contribution in [3.8, 4) is 0 Å². The number of unbranched alkanes of at least 4 members (excludes halogenated alkanes) is 1. The largest absolute Gasteiger partial charge is 0.461 e. The van der Waals surface area contributed by atoms with Crippen molar-refractivity contribution in [2.45, 2.75) is 62.8 Å². The van der Waals surface area contributed by atoms with Crippen LogP contribution >= 0.6 is 0 Å². The van der Waals surface area contributed by atoms with Gasteiger partial charge in [0.1, 0.15) is 29.8 Å². The van der Waals surface area contributed by atoms with Gasteiger partial charge in [-0.25, -0.2) is 0 Å². The second-order valence-corrected chi connectivity index (χ2v) is 10.5. The van der Waals surface area contributed by atoms with E-state index in [1.54, 1.807) is 11.0 Å². The van der Waals surface area contributed by atoms with Crippen molar-refractivity contribution in [3.05, 3.63) is 60.2 Å². The molecule has 6 atom stereocenters. The summed E-state index contributed by atoms with van der Waals surface area (Å²) >= 11 is 0. The number of aliphatic hydroxyl groups excluding tert-OH is 1. The maximum Gasteiger partial charge on any atom is 0.313 e. The molecule has 0 aliphatic carbocycles. The molecule has 5 rings (SSSR count). The van der Waals surface area contributed by atoms with E-state index in [0.717, 1.165) is 18.4 Å². The van der Waals surface area contributed by atoms with Crippen molar-refractivity contribution in [1.82, 2.24) is 9.80 Å². The summed E-state index contributed by atoms with van der Waals surface area (Å²) in [6.45, 7) is 4.76. The molecule has 2 fully saturated rings. The molecule has 2 saturated heterocycles. The van der Waals surface area contributed by atoms with Crippen molar-refractivity contribution in [3.63, 3.8) is 0 Å². The van der Waals surface area contributed by atoms with Crippen molar-refractivity contribution < 1.29 is 29.0 Å². The molecule has 1 aromatic carbocycles. The number of carbonyl (C=O) groups excluding carboxylic acids is 3. The highest BCUT2D eigenvalue weighted by molar-refractivity contribution is 5.99. The predicted molar refractivity (Wildman–Crippen MR) is 136 cm³/mol. The number of fused-ring (bicyclic) bond motifs is 2. The van der Waals surface area contributed by atoms with Gasteiger partial charge in [0.25, 0.3) is 0 Å². The van der Waals surface area contributed by atoms with Crippen LogP contribution in [0.25, 0.3) is 0 Å². The molecule has 1 aromatic rings. The molecular weight excluding hydrogens is 472 g/mol. The van der Waals surface area contributed by atoms with E-state index in [1.807, 2.05) is 55.5 Å². The van der Waals surface area contributed by atoms with Gasteiger partial charge in [0.2, 0.25) is 11.8 Å². The lowest BCUT2D eigenvalue weighted by Gasteiger charge is -2.40. The minimum Gasteiger partial charge on any atom is -0.461 e. The Labute approximate surface area is 217 Å². The normalized spacial score (nSPS) is 33.5. The molecule has 4 heterocycles. The van der Waals surface area contributed by atoms with Gasteiger partial charge in [-0.15, -0.1) is 0 Å². The molecule has 1 N–H and O–H groups in total. The fourth-order valence-electron chi connectivity index (χ4n) is 6.66. The number of amides is 2. The van der Waals surface area contributed by atoms with E-state index in [2.05, 4.69) is 6.92 Å². The SMILES string of the molecule is CCCCN1CC=C[C@]23O[C@]4(CC)C=CCOC(=O)[C@@H]4[C@H]2C(=O)N([C@@H](CO)Cc2ccccc2)C3C1=O. The Morgan fingerprint density at radius 3 is 2.54 bits per heavy atom. The molecule has 4 aliphatic rings. The minimum absolute atomic E-state index is 0.119. The summed E-state index contributed by atoms with van der Waals surface area (Å²) in [4.78, 5) is 45.3. The summed E-state index contributed by atoms with van der Waals surface area (Å²) in [6.07, 6.45) is 9.94. The smallest absolute Gasteiger partial charge is 0.313 e. The van der Waals surface area contributed by atoms with Gasteiger partial charge in [-0.2, -0.15) is 0 Å². The zero-order valence-corrected chi connectivity index (χ0v) is 21.5. The Kier molecular flexibility index (Phi) is 6.98. The van der Waals surface area contributed by atoms with E-state index >= 15 is 0 Å². The number of ether oxygens (including phenoxy) is 2. The summed E-state index contributed by atoms with van der Waals surface area (Å²) in [5, 5.41) is 10.5. The quantitative estimate of drug-likeness (QED) is 0.428. The number of aliphatic hydroxyl groups is 1. The van der Waals surface area contributed by atoms with Crippen LogP contribution in [0.4, 0.5) is 0 Å². The van der Waals surface area contributed by atoms with E-state index in [4.69, 9.17) is 9.47 Å². The van der Waals surface area contributed by atoms with Crippen LogP contribution in [0, 0.1) is 11.8 Å². The number of likely N-dealkylation sites (tertiary alicyclic amines) is 1. The number of hydrogen-bond acceptors (Lipinski definition) is 6. The third kappa shape index (κ3) is 4.01. The number of hydrogen-bond donors (Lipinski definition) is 1. The average molecular weight is 509 g/mol. The van der Waals surface area contributed by atoms with E-state index in [1.165, 1.54) is 4.90 Å². The highest BCUT2D eigenvalue weighted by Crippen LogP contribution is 2.58. The Bertz CT molecular complexity index is 1100. The maximum absolute atomic E-state index is 14.4. The molecule has 2 amide bonds. The molecule has 0 saturated carbocycles. The topological polar surface area (TPSA) is 96.4 Å². The standard InChI is InChI=1S/C29H36N2O6/c1-3-5-15-30-16-9-14-29-22(23-27(35)36-17-10-13-28(23,4-2)37-29)25(33)31(24(29)26(30)34)21(19-32)18-20-11-7-6-8-12-20/h6-14,21-24,32H,3-5,15-19H2,1-2H3/t21-,22+,23+,24?,28-,29+/m1/s1. The molecule has 4 aliphatic heterocycles. The van der Waals surface area contributed by atoms with Crippen LogP contribution in [0.2, 0.25) is 0 Å². The number of esters is 1. The molecule has 198 valence electrons. The van der Waals surface area contributed by atoms with Crippen LogP contribution in [0.3, 0.4) is 0 Å². The van der Waals surface area contributed by atoms with Gasteiger partial charge < -0.3 is 24.4 Å². The van der Waals surface area contributed by atoms with Crippen molar-refractivity contribution in [2.24, 2.45) is 11.8 Å². The van der Waals surface area contributed by atoms with Crippen molar-refractivity contribution >= 4 is 17.8 Å². The summed E-state index contributed by atoms with van der Waals surface area (Å²) in [7, 11) is 0. The molecule has 37 heavy (non-hydrogen) atoms. The van der Waals surface area contributed by atoms with Crippen LogP contribution in [-0.4, -0.2) is 82.3 Å². The van der Waals surface area contributed by atoms with Gasteiger partial charge in [0.05, 0.1) is 18.6 Å². The number of benzene rings is 1. The van der Waals surface area contributed by atoms with E-state index in [-0.39, 0.29) is 25.0 Å². The number of nitrogens with zero attached hydrogens (tertiary/aromatic N) is 2. The first-order valence-corrected chi connectivity index (χ1v) is 13.4. The first-order chi connectivity index (χ1) is 17.9. The predicted octanol–water partition coefficient (Wildman–Crippen LogP) is 2.26. The molecule has 0 bridgehead atoms. The Hall–Kier alpha value is -2.97. The van der Waals surface area contributed by atoms with Gasteiger partial charge in [0, 0.05) is 13.1 Å². The molecule has 0 radical (unpaired) electrons.